The Labute approximate surface area is 157 Å². The van der Waals surface area contributed by atoms with Crippen LogP contribution in [0, 0.1) is 5.41 Å². The lowest BCUT2D eigenvalue weighted by atomic mass is 9.67. The third kappa shape index (κ3) is 6.20. The molecule has 0 unspecified atom stereocenters. The Hall–Kier alpha value is -0.980. The Morgan fingerprint density at radius 1 is 1.26 bits per heavy atom. The highest BCUT2D eigenvalue weighted by Crippen LogP contribution is 2.43. The highest BCUT2D eigenvalue weighted by atomic mass is 127. The van der Waals surface area contributed by atoms with E-state index in [0.29, 0.717) is 11.2 Å². The van der Waals surface area contributed by atoms with Gasteiger partial charge >= 0.3 is 0 Å². The largest absolute Gasteiger partial charge is 0.508 e. The molecular formula is C18H30IN3O. The molecule has 1 saturated carbocycles. The zero-order valence-corrected chi connectivity index (χ0v) is 16.6. The highest BCUT2D eigenvalue weighted by Gasteiger charge is 2.34. The first kappa shape index (κ1) is 20.1. The van der Waals surface area contributed by atoms with Gasteiger partial charge in [0.2, 0.25) is 0 Å². The molecule has 0 radical (unpaired) electrons. The number of rotatable bonds is 7. The van der Waals surface area contributed by atoms with Crippen LogP contribution in [0.1, 0.15) is 45.1 Å². The van der Waals surface area contributed by atoms with Crippen LogP contribution in [-0.4, -0.2) is 30.7 Å². The fraction of sp³-hybridized carbons (Fsp3) is 0.611. The molecule has 1 aromatic rings. The summed E-state index contributed by atoms with van der Waals surface area (Å²) >= 11 is 0. The molecule has 0 amide bonds. The molecule has 1 aliphatic carbocycles. The van der Waals surface area contributed by atoms with Gasteiger partial charge in [-0.15, -0.1) is 24.0 Å². The molecule has 3 N–H and O–H groups in total. The maximum absolute atomic E-state index is 9.48. The average molecular weight is 431 g/mol. The van der Waals surface area contributed by atoms with Crippen LogP contribution >= 0.6 is 24.0 Å². The molecule has 23 heavy (non-hydrogen) atoms. The second-order valence-corrected chi connectivity index (χ2v) is 6.25. The molecule has 0 spiro atoms. The van der Waals surface area contributed by atoms with E-state index in [4.69, 9.17) is 4.99 Å². The lowest BCUT2D eigenvalue weighted by Gasteiger charge is -2.40. The van der Waals surface area contributed by atoms with E-state index in [0.717, 1.165) is 37.6 Å². The summed E-state index contributed by atoms with van der Waals surface area (Å²) in [6.07, 6.45) is 6.08. The molecule has 0 atom stereocenters. The highest BCUT2D eigenvalue weighted by molar-refractivity contribution is 14.0. The number of benzene rings is 1. The first-order valence-corrected chi connectivity index (χ1v) is 8.47. The molecule has 0 saturated heterocycles. The predicted molar refractivity (Wildman–Crippen MR) is 108 cm³/mol. The molecule has 0 aliphatic heterocycles. The molecule has 2 rings (SSSR count). The minimum absolute atomic E-state index is 0. The minimum Gasteiger partial charge on any atom is -0.508 e. The van der Waals surface area contributed by atoms with Crippen molar-refractivity contribution in [2.45, 2.75) is 46.0 Å². The molecular weight excluding hydrogens is 401 g/mol. The lowest BCUT2D eigenvalue weighted by molar-refractivity contribution is 0.139. The number of nitrogens with zero attached hydrogens (tertiary/aromatic N) is 1. The molecule has 1 aromatic carbocycles. The van der Waals surface area contributed by atoms with Crippen LogP contribution in [0.5, 0.6) is 5.75 Å². The monoisotopic (exact) mass is 431 g/mol. The van der Waals surface area contributed by atoms with Gasteiger partial charge in [0, 0.05) is 19.6 Å². The first-order chi connectivity index (χ1) is 10.7. The van der Waals surface area contributed by atoms with Crippen LogP contribution in [0.25, 0.3) is 0 Å². The van der Waals surface area contributed by atoms with E-state index in [9.17, 15) is 5.11 Å². The maximum atomic E-state index is 9.48. The normalized spacial score (nSPS) is 16.2. The summed E-state index contributed by atoms with van der Waals surface area (Å²) in [5, 5.41) is 16.2. The zero-order valence-electron chi connectivity index (χ0n) is 14.3. The number of halogens is 1. The molecule has 4 nitrogen and oxygen atoms in total. The van der Waals surface area contributed by atoms with E-state index >= 15 is 0 Å². The van der Waals surface area contributed by atoms with Crippen molar-refractivity contribution >= 4 is 29.9 Å². The third-order valence-corrected chi connectivity index (χ3v) is 4.70. The van der Waals surface area contributed by atoms with Gasteiger partial charge < -0.3 is 15.7 Å². The van der Waals surface area contributed by atoms with E-state index in [1.807, 2.05) is 18.2 Å². The Morgan fingerprint density at radius 3 is 2.61 bits per heavy atom. The Kier molecular flexibility index (Phi) is 8.73. The molecule has 5 heteroatoms. The van der Waals surface area contributed by atoms with Crippen LogP contribution in [0.15, 0.2) is 29.3 Å². The van der Waals surface area contributed by atoms with E-state index in [1.54, 1.807) is 6.07 Å². The van der Waals surface area contributed by atoms with Gasteiger partial charge in [-0.3, -0.25) is 4.99 Å². The van der Waals surface area contributed by atoms with Gasteiger partial charge in [0.05, 0.1) is 0 Å². The van der Waals surface area contributed by atoms with Crippen molar-refractivity contribution in [3.63, 3.8) is 0 Å². The number of aromatic hydroxyl groups is 1. The van der Waals surface area contributed by atoms with Gasteiger partial charge in [-0.05, 0) is 55.7 Å². The van der Waals surface area contributed by atoms with E-state index in [-0.39, 0.29) is 24.0 Å². The summed E-state index contributed by atoms with van der Waals surface area (Å²) in [4.78, 5) is 4.77. The summed E-state index contributed by atoms with van der Waals surface area (Å²) in [5.41, 5.74) is 1.58. The number of phenols is 1. The van der Waals surface area contributed by atoms with E-state index < -0.39 is 0 Å². The van der Waals surface area contributed by atoms with E-state index in [1.165, 1.54) is 25.7 Å². The second-order valence-electron chi connectivity index (χ2n) is 6.25. The van der Waals surface area contributed by atoms with Gasteiger partial charge in [-0.1, -0.05) is 25.5 Å². The first-order valence-electron chi connectivity index (χ1n) is 8.47. The van der Waals surface area contributed by atoms with Crippen LogP contribution in [0.3, 0.4) is 0 Å². The SMILES string of the molecule is CCNC(=NCC1(CC)CCC1)NCCc1cccc(O)c1.I. The topological polar surface area (TPSA) is 56.7 Å². The van der Waals surface area contributed by atoms with Gasteiger partial charge in [-0.25, -0.2) is 0 Å². The number of nitrogens with one attached hydrogen (secondary N) is 2. The number of phenolic OH excluding ortho intramolecular Hbond substituents is 1. The van der Waals surface area contributed by atoms with Gasteiger partial charge in [0.15, 0.2) is 5.96 Å². The van der Waals surface area contributed by atoms with Crippen molar-refractivity contribution in [2.24, 2.45) is 10.4 Å². The predicted octanol–water partition coefficient (Wildman–Crippen LogP) is 3.69. The fourth-order valence-corrected chi connectivity index (χ4v) is 2.93. The molecule has 0 aromatic heterocycles. The number of aliphatic imine (C=N–C) groups is 1. The zero-order chi connectivity index (χ0) is 15.8. The molecule has 1 fully saturated rings. The number of hydrogen-bond donors (Lipinski definition) is 3. The fourth-order valence-electron chi connectivity index (χ4n) is 2.93. The van der Waals surface area contributed by atoms with Crippen molar-refractivity contribution in [1.29, 1.82) is 0 Å². The van der Waals surface area contributed by atoms with Crippen LogP contribution in [-0.2, 0) is 6.42 Å². The lowest BCUT2D eigenvalue weighted by Crippen LogP contribution is -2.40. The molecule has 130 valence electrons. The molecule has 1 aliphatic rings. The smallest absolute Gasteiger partial charge is 0.191 e. The van der Waals surface area contributed by atoms with Crippen LogP contribution in [0.2, 0.25) is 0 Å². The van der Waals surface area contributed by atoms with Crippen LogP contribution < -0.4 is 10.6 Å². The van der Waals surface area contributed by atoms with Gasteiger partial charge in [0.25, 0.3) is 0 Å². The van der Waals surface area contributed by atoms with Crippen LogP contribution in [0.4, 0.5) is 0 Å². The van der Waals surface area contributed by atoms with E-state index in [2.05, 4.69) is 24.5 Å². The van der Waals surface area contributed by atoms with Crippen molar-refractivity contribution in [3.8, 4) is 5.75 Å². The second kappa shape index (κ2) is 10.0. The van der Waals surface area contributed by atoms with Crippen molar-refractivity contribution in [3.05, 3.63) is 29.8 Å². The summed E-state index contributed by atoms with van der Waals surface area (Å²) in [5.74, 6) is 1.23. The van der Waals surface area contributed by atoms with Crippen molar-refractivity contribution in [2.75, 3.05) is 19.6 Å². The Morgan fingerprint density at radius 2 is 2.04 bits per heavy atom. The quantitative estimate of drug-likeness (QED) is 0.351. The molecule has 0 heterocycles. The minimum atomic E-state index is 0. The van der Waals surface area contributed by atoms with Crippen molar-refractivity contribution in [1.82, 2.24) is 10.6 Å². The maximum Gasteiger partial charge on any atom is 0.191 e. The Balaban J connectivity index is 0.00000264. The van der Waals surface area contributed by atoms with Gasteiger partial charge in [0.1, 0.15) is 5.75 Å². The Bertz CT molecular complexity index is 495. The summed E-state index contributed by atoms with van der Waals surface area (Å²) in [7, 11) is 0. The van der Waals surface area contributed by atoms with Crippen molar-refractivity contribution < 1.29 is 5.11 Å². The third-order valence-electron chi connectivity index (χ3n) is 4.70. The molecule has 0 bridgehead atoms. The number of guanidine groups is 1. The van der Waals surface area contributed by atoms with Gasteiger partial charge in [-0.2, -0.15) is 0 Å². The number of hydrogen-bond acceptors (Lipinski definition) is 2. The summed E-state index contributed by atoms with van der Waals surface area (Å²) < 4.78 is 0. The average Bonchev–Trinajstić information content (AvgIpc) is 2.46. The standard InChI is InChI=1S/C18H29N3O.HI/c1-3-18(10-6-11-18)14-21-17(19-4-2)20-12-9-15-7-5-8-16(22)13-15;/h5,7-8,13,22H,3-4,6,9-12,14H2,1-2H3,(H2,19,20,21);1H. The summed E-state index contributed by atoms with van der Waals surface area (Å²) in [6, 6.07) is 7.43. The summed E-state index contributed by atoms with van der Waals surface area (Å²) in [6.45, 7) is 6.97.